The number of hydrogen-bond acceptors (Lipinski definition) is 6. The van der Waals surface area contributed by atoms with Crippen molar-refractivity contribution < 1.29 is 18.7 Å². The van der Waals surface area contributed by atoms with Crippen molar-refractivity contribution in [1.82, 2.24) is 10.2 Å². The van der Waals surface area contributed by atoms with Crippen molar-refractivity contribution in [2.45, 2.75) is 13.8 Å². The fraction of sp³-hybridized carbons (Fsp3) is 0.176. The van der Waals surface area contributed by atoms with Crippen LogP contribution in [0, 0.1) is 13.8 Å². The lowest BCUT2D eigenvalue weighted by Crippen LogP contribution is -2.22. The number of halogens is 2. The zero-order valence-electron chi connectivity index (χ0n) is 14.2. The number of benzene rings is 1. The number of hydrogen-bond donors (Lipinski definition) is 2. The van der Waals surface area contributed by atoms with Crippen molar-refractivity contribution in [2.24, 2.45) is 0 Å². The van der Waals surface area contributed by atoms with Crippen LogP contribution in [0.4, 0.5) is 5.88 Å². The summed E-state index contributed by atoms with van der Waals surface area (Å²) in [7, 11) is 0. The summed E-state index contributed by atoms with van der Waals surface area (Å²) in [6, 6.07) is 4.53. The molecule has 1 amide bonds. The first-order valence-electron chi connectivity index (χ1n) is 7.69. The molecule has 1 aromatic carbocycles. The van der Waals surface area contributed by atoms with Gasteiger partial charge in [0.15, 0.2) is 6.61 Å². The van der Waals surface area contributed by atoms with E-state index in [-0.39, 0.29) is 26.9 Å². The lowest BCUT2D eigenvalue weighted by atomic mass is 10.2. The van der Waals surface area contributed by atoms with Crippen LogP contribution in [0.5, 0.6) is 0 Å². The molecule has 0 fully saturated rings. The van der Waals surface area contributed by atoms with Gasteiger partial charge in [0, 0.05) is 0 Å². The third kappa shape index (κ3) is 3.67. The molecule has 2 aromatic heterocycles. The van der Waals surface area contributed by atoms with Gasteiger partial charge in [0.2, 0.25) is 5.88 Å². The molecule has 3 rings (SSSR count). The molecule has 0 bridgehead atoms. The predicted molar refractivity (Wildman–Crippen MR) is 99.5 cm³/mol. The zero-order chi connectivity index (χ0) is 19.7. The summed E-state index contributed by atoms with van der Waals surface area (Å²) in [5.41, 5.74) is -0.000183. The maximum atomic E-state index is 12.1. The van der Waals surface area contributed by atoms with Crippen LogP contribution in [0.25, 0.3) is 10.8 Å². The Kier molecular flexibility index (Phi) is 5.20. The van der Waals surface area contributed by atoms with Gasteiger partial charge in [0.1, 0.15) is 11.1 Å². The van der Waals surface area contributed by atoms with Crippen LogP contribution in [0.3, 0.4) is 0 Å². The number of aryl methyl sites for hydroxylation is 2. The van der Waals surface area contributed by atoms with E-state index in [1.54, 1.807) is 19.9 Å². The van der Waals surface area contributed by atoms with E-state index in [0.717, 1.165) is 0 Å². The van der Waals surface area contributed by atoms with Crippen LogP contribution in [0.2, 0.25) is 10.0 Å². The molecule has 0 saturated carbocycles. The molecule has 0 saturated heterocycles. The first kappa shape index (κ1) is 18.9. The number of nitrogens with zero attached hydrogens (tertiary/aromatic N) is 1. The normalized spacial score (nSPS) is 10.8. The highest BCUT2D eigenvalue weighted by atomic mass is 35.5. The summed E-state index contributed by atoms with van der Waals surface area (Å²) in [6.45, 7) is 2.72. The van der Waals surface area contributed by atoms with Crippen LogP contribution in [0.1, 0.15) is 21.8 Å². The molecule has 140 valence electrons. The highest BCUT2D eigenvalue weighted by molar-refractivity contribution is 6.39. The minimum absolute atomic E-state index is 0.0360. The Morgan fingerprint density at radius 3 is 2.56 bits per heavy atom. The molecule has 10 heteroatoms. The number of amides is 1. The number of aromatic nitrogens is 2. The van der Waals surface area contributed by atoms with E-state index in [4.69, 9.17) is 32.4 Å². The molecule has 0 aliphatic carbocycles. The van der Waals surface area contributed by atoms with Crippen LogP contribution in [-0.2, 0) is 9.53 Å². The van der Waals surface area contributed by atoms with E-state index in [0.29, 0.717) is 16.8 Å². The number of fused-ring (bicyclic) bond motifs is 1. The minimum atomic E-state index is -0.848. The van der Waals surface area contributed by atoms with Gasteiger partial charge in [-0.15, -0.1) is 0 Å². The number of nitrogens with one attached hydrogen (secondary N) is 2. The van der Waals surface area contributed by atoms with Gasteiger partial charge >= 0.3 is 5.97 Å². The molecule has 3 aromatic rings. The van der Waals surface area contributed by atoms with Crippen LogP contribution in [0.15, 0.2) is 27.4 Å². The molecule has 27 heavy (non-hydrogen) atoms. The van der Waals surface area contributed by atoms with Crippen molar-refractivity contribution in [3.63, 3.8) is 0 Å². The number of H-pyrrole nitrogens is 1. The zero-order valence-corrected chi connectivity index (χ0v) is 15.7. The van der Waals surface area contributed by atoms with Crippen molar-refractivity contribution in [3.05, 3.63) is 55.6 Å². The van der Waals surface area contributed by atoms with Gasteiger partial charge in [-0.1, -0.05) is 29.3 Å². The first-order chi connectivity index (χ1) is 12.8. The Hall–Kier alpha value is -2.84. The van der Waals surface area contributed by atoms with Gasteiger partial charge in [-0.05, 0) is 26.0 Å². The van der Waals surface area contributed by atoms with Crippen molar-refractivity contribution >= 4 is 51.7 Å². The Morgan fingerprint density at radius 2 is 1.89 bits per heavy atom. The van der Waals surface area contributed by atoms with Crippen LogP contribution >= 0.6 is 23.2 Å². The third-order valence-electron chi connectivity index (χ3n) is 3.75. The standard InChI is InChI=1S/C17H13Cl2N3O5/c1-7-12-8(2)27-16(14(12)15(24)22-21-7)20-11(23)6-26-17(25)13-9(18)4-3-5-10(13)19/h3-5H,6H2,1-2H3,(H,20,23)(H,22,24). The van der Waals surface area contributed by atoms with E-state index in [9.17, 15) is 14.4 Å². The summed E-state index contributed by atoms with van der Waals surface area (Å²) >= 11 is 11.8. The molecular weight excluding hydrogens is 397 g/mol. The molecule has 2 N–H and O–H groups in total. The maximum Gasteiger partial charge on any atom is 0.341 e. The second kappa shape index (κ2) is 7.42. The molecular formula is C17H13Cl2N3O5. The summed E-state index contributed by atoms with van der Waals surface area (Å²) < 4.78 is 10.4. The number of ether oxygens (including phenoxy) is 1. The molecule has 8 nitrogen and oxygen atoms in total. The SMILES string of the molecule is Cc1n[nH]c(=O)c2c(NC(=O)COC(=O)c3c(Cl)cccc3Cl)oc(C)c12. The molecule has 0 radical (unpaired) electrons. The van der Waals surface area contributed by atoms with E-state index in [2.05, 4.69) is 15.5 Å². The van der Waals surface area contributed by atoms with E-state index in [1.807, 2.05) is 0 Å². The van der Waals surface area contributed by atoms with Crippen molar-refractivity contribution in [3.8, 4) is 0 Å². The van der Waals surface area contributed by atoms with Crippen LogP contribution in [-0.4, -0.2) is 28.7 Å². The molecule has 0 atom stereocenters. The number of carbonyl (C=O) groups is 2. The topological polar surface area (TPSA) is 114 Å². The first-order valence-corrected chi connectivity index (χ1v) is 8.44. The number of aromatic amines is 1. The van der Waals surface area contributed by atoms with E-state index in [1.165, 1.54) is 12.1 Å². The number of esters is 1. The average Bonchev–Trinajstić information content (AvgIpc) is 2.93. The number of anilines is 1. The van der Waals surface area contributed by atoms with Crippen molar-refractivity contribution in [2.75, 3.05) is 11.9 Å². The lowest BCUT2D eigenvalue weighted by Gasteiger charge is -2.07. The Balaban J connectivity index is 1.76. The van der Waals surface area contributed by atoms with Gasteiger partial charge in [0.05, 0.1) is 26.7 Å². The molecule has 0 spiro atoms. The fourth-order valence-corrected chi connectivity index (χ4v) is 3.14. The number of furan rings is 1. The largest absolute Gasteiger partial charge is 0.452 e. The molecule has 0 unspecified atom stereocenters. The molecule has 0 aliphatic heterocycles. The Morgan fingerprint density at radius 1 is 1.22 bits per heavy atom. The minimum Gasteiger partial charge on any atom is -0.452 e. The second-order valence-electron chi connectivity index (χ2n) is 5.60. The van der Waals surface area contributed by atoms with Gasteiger partial charge in [-0.3, -0.25) is 14.9 Å². The third-order valence-corrected chi connectivity index (χ3v) is 4.38. The summed E-state index contributed by atoms with van der Waals surface area (Å²) in [4.78, 5) is 36.3. The number of rotatable bonds is 4. The monoisotopic (exact) mass is 409 g/mol. The second-order valence-corrected chi connectivity index (χ2v) is 6.41. The predicted octanol–water partition coefficient (Wildman–Crippen LogP) is 3.24. The number of carbonyl (C=O) groups excluding carboxylic acids is 2. The summed E-state index contributed by atoms with van der Waals surface area (Å²) in [6.07, 6.45) is 0. The van der Waals surface area contributed by atoms with Gasteiger partial charge < -0.3 is 9.15 Å². The molecule has 0 aliphatic rings. The summed E-state index contributed by atoms with van der Waals surface area (Å²) in [5.74, 6) is -1.17. The lowest BCUT2D eigenvalue weighted by molar-refractivity contribution is -0.119. The Bertz CT molecular complexity index is 1100. The Labute approximate surface area is 162 Å². The smallest absolute Gasteiger partial charge is 0.341 e. The summed E-state index contributed by atoms with van der Waals surface area (Å²) in [5, 5.41) is 9.48. The highest BCUT2D eigenvalue weighted by Gasteiger charge is 2.21. The van der Waals surface area contributed by atoms with Gasteiger partial charge in [-0.25, -0.2) is 9.89 Å². The molecule has 2 heterocycles. The highest BCUT2D eigenvalue weighted by Crippen LogP contribution is 2.28. The quantitative estimate of drug-likeness (QED) is 0.639. The van der Waals surface area contributed by atoms with E-state index < -0.39 is 24.0 Å². The van der Waals surface area contributed by atoms with E-state index >= 15 is 0 Å². The average molecular weight is 410 g/mol. The fourth-order valence-electron chi connectivity index (χ4n) is 2.59. The van der Waals surface area contributed by atoms with Crippen LogP contribution < -0.4 is 10.9 Å². The van der Waals surface area contributed by atoms with Gasteiger partial charge in [0.25, 0.3) is 11.5 Å². The maximum absolute atomic E-state index is 12.1. The van der Waals surface area contributed by atoms with Crippen molar-refractivity contribution in [1.29, 1.82) is 0 Å². The van der Waals surface area contributed by atoms with Gasteiger partial charge in [-0.2, -0.15) is 5.10 Å².